The zero-order chi connectivity index (χ0) is 27.5. The van der Waals surface area contributed by atoms with Crippen molar-refractivity contribution in [1.29, 1.82) is 0 Å². The number of nitrogens with zero attached hydrogens (tertiary/aromatic N) is 5. The van der Waals surface area contributed by atoms with Crippen molar-refractivity contribution in [3.63, 3.8) is 0 Å². The second-order valence-electron chi connectivity index (χ2n) is 9.76. The molecule has 5 rings (SSSR count). The number of carbonyl (C=O) groups is 1. The first-order valence-corrected chi connectivity index (χ1v) is 13.4. The van der Waals surface area contributed by atoms with Crippen LogP contribution in [0, 0.1) is 6.92 Å². The van der Waals surface area contributed by atoms with E-state index >= 15 is 0 Å². The molecule has 1 aliphatic heterocycles. The standard InChI is InChI=1S/C30H32ClN5O3/c1-21-19-24(13-14-27(21)35-20-32-36(30(35)38)22(2)23-9-5-4-6-10-23)33-15-17-34(18-16-33)28(29(37)39-3)25-11-7-8-12-26(25)31/h4-14,19-20,22,28H,15-18H2,1-3H3. The van der Waals surface area contributed by atoms with Gasteiger partial charge in [-0.3, -0.25) is 4.90 Å². The minimum Gasteiger partial charge on any atom is -0.468 e. The van der Waals surface area contributed by atoms with Crippen molar-refractivity contribution in [3.8, 4) is 5.69 Å². The number of carbonyl (C=O) groups excluding carboxylic acids is 1. The second-order valence-corrected chi connectivity index (χ2v) is 10.2. The minimum absolute atomic E-state index is 0.171. The van der Waals surface area contributed by atoms with Gasteiger partial charge in [-0.05, 0) is 54.8 Å². The number of rotatable bonds is 7. The van der Waals surface area contributed by atoms with Crippen molar-refractivity contribution in [3.05, 3.63) is 111 Å². The number of ether oxygens (including phenoxy) is 1. The van der Waals surface area contributed by atoms with Crippen molar-refractivity contribution in [2.45, 2.75) is 25.9 Å². The van der Waals surface area contributed by atoms with Crippen LogP contribution in [0.2, 0.25) is 5.02 Å². The van der Waals surface area contributed by atoms with Crippen molar-refractivity contribution in [2.24, 2.45) is 0 Å². The van der Waals surface area contributed by atoms with Crippen LogP contribution in [-0.2, 0) is 9.53 Å². The van der Waals surface area contributed by atoms with E-state index in [-0.39, 0.29) is 17.7 Å². The molecule has 1 saturated heterocycles. The van der Waals surface area contributed by atoms with E-state index in [0.29, 0.717) is 18.1 Å². The van der Waals surface area contributed by atoms with Gasteiger partial charge in [0.05, 0.1) is 18.8 Å². The summed E-state index contributed by atoms with van der Waals surface area (Å²) < 4.78 is 8.23. The fourth-order valence-corrected chi connectivity index (χ4v) is 5.49. The predicted molar refractivity (Wildman–Crippen MR) is 153 cm³/mol. The summed E-state index contributed by atoms with van der Waals surface area (Å²) in [4.78, 5) is 30.4. The van der Waals surface area contributed by atoms with Gasteiger partial charge in [0.15, 0.2) is 0 Å². The molecule has 39 heavy (non-hydrogen) atoms. The highest BCUT2D eigenvalue weighted by atomic mass is 35.5. The summed E-state index contributed by atoms with van der Waals surface area (Å²) in [6, 6.07) is 22.7. The van der Waals surface area contributed by atoms with Crippen LogP contribution in [-0.4, -0.2) is 58.5 Å². The Hall–Kier alpha value is -3.88. The van der Waals surface area contributed by atoms with Crippen molar-refractivity contribution in [2.75, 3.05) is 38.2 Å². The molecule has 2 atom stereocenters. The average Bonchev–Trinajstić information content (AvgIpc) is 3.35. The molecule has 0 N–H and O–H groups in total. The lowest BCUT2D eigenvalue weighted by Gasteiger charge is -2.39. The topological polar surface area (TPSA) is 72.6 Å². The number of benzene rings is 3. The van der Waals surface area contributed by atoms with Gasteiger partial charge in [0, 0.05) is 36.9 Å². The largest absolute Gasteiger partial charge is 0.468 e. The Morgan fingerprint density at radius 3 is 2.33 bits per heavy atom. The smallest absolute Gasteiger partial charge is 0.350 e. The molecule has 2 heterocycles. The summed E-state index contributed by atoms with van der Waals surface area (Å²) in [6.45, 7) is 6.81. The Labute approximate surface area is 233 Å². The predicted octanol–water partition coefficient (Wildman–Crippen LogP) is 4.64. The molecule has 0 spiro atoms. The van der Waals surface area contributed by atoms with E-state index in [1.807, 2.05) is 74.5 Å². The third kappa shape index (κ3) is 5.35. The molecule has 0 radical (unpaired) electrons. The molecule has 8 nitrogen and oxygen atoms in total. The monoisotopic (exact) mass is 545 g/mol. The van der Waals surface area contributed by atoms with Crippen LogP contribution in [0.25, 0.3) is 5.69 Å². The maximum Gasteiger partial charge on any atom is 0.350 e. The van der Waals surface area contributed by atoms with Gasteiger partial charge in [-0.1, -0.05) is 60.1 Å². The fourth-order valence-electron chi connectivity index (χ4n) is 5.25. The first-order chi connectivity index (χ1) is 18.9. The summed E-state index contributed by atoms with van der Waals surface area (Å²) in [7, 11) is 1.41. The van der Waals surface area contributed by atoms with Crippen molar-refractivity contribution >= 4 is 23.3 Å². The number of aryl methyl sites for hydroxylation is 1. The molecule has 0 aliphatic carbocycles. The summed E-state index contributed by atoms with van der Waals surface area (Å²) in [5.41, 5.74) is 4.46. The summed E-state index contributed by atoms with van der Waals surface area (Å²) in [5.74, 6) is -0.315. The number of methoxy groups -OCH3 is 1. The third-order valence-electron chi connectivity index (χ3n) is 7.45. The molecule has 3 aromatic carbocycles. The summed E-state index contributed by atoms with van der Waals surface area (Å²) in [5, 5.41) is 4.96. The summed E-state index contributed by atoms with van der Waals surface area (Å²) >= 11 is 6.43. The number of hydrogen-bond acceptors (Lipinski definition) is 6. The molecule has 1 aromatic heterocycles. The maximum absolute atomic E-state index is 13.2. The molecular weight excluding hydrogens is 514 g/mol. The SMILES string of the molecule is COC(=O)C(c1ccccc1Cl)N1CCN(c2ccc(-n3cnn(C(C)c4ccccc4)c3=O)c(C)c2)CC1. The lowest BCUT2D eigenvalue weighted by molar-refractivity contribution is -0.147. The Balaban J connectivity index is 1.32. The lowest BCUT2D eigenvalue weighted by Crippen LogP contribution is -2.49. The van der Waals surface area contributed by atoms with Crippen LogP contribution >= 0.6 is 11.6 Å². The maximum atomic E-state index is 13.2. The van der Waals surface area contributed by atoms with Gasteiger partial charge in [0.1, 0.15) is 12.4 Å². The van der Waals surface area contributed by atoms with E-state index < -0.39 is 6.04 Å². The Morgan fingerprint density at radius 2 is 1.67 bits per heavy atom. The minimum atomic E-state index is -0.545. The van der Waals surface area contributed by atoms with Gasteiger partial charge in [-0.25, -0.2) is 18.8 Å². The highest BCUT2D eigenvalue weighted by Crippen LogP contribution is 2.31. The molecule has 0 amide bonds. The number of piperazine rings is 1. The van der Waals surface area contributed by atoms with Crippen LogP contribution < -0.4 is 10.6 Å². The fraction of sp³-hybridized carbons (Fsp3) is 0.300. The molecule has 9 heteroatoms. The third-order valence-corrected chi connectivity index (χ3v) is 7.80. The van der Waals surface area contributed by atoms with Crippen molar-refractivity contribution in [1.82, 2.24) is 19.2 Å². The first-order valence-electron chi connectivity index (χ1n) is 13.0. The highest BCUT2D eigenvalue weighted by Gasteiger charge is 2.32. The first kappa shape index (κ1) is 26.7. The van der Waals surface area contributed by atoms with Crippen LogP contribution in [0.5, 0.6) is 0 Å². The van der Waals surface area contributed by atoms with Crippen LogP contribution in [0.1, 0.15) is 35.7 Å². The van der Waals surface area contributed by atoms with E-state index in [9.17, 15) is 9.59 Å². The Bertz CT molecular complexity index is 1510. The zero-order valence-electron chi connectivity index (χ0n) is 22.3. The average molecular weight is 546 g/mol. The van der Waals surface area contributed by atoms with Gasteiger partial charge >= 0.3 is 11.7 Å². The molecule has 1 fully saturated rings. The number of halogens is 1. The van der Waals surface area contributed by atoms with Crippen molar-refractivity contribution < 1.29 is 9.53 Å². The van der Waals surface area contributed by atoms with E-state index in [0.717, 1.165) is 41.2 Å². The normalized spacial score (nSPS) is 15.6. The lowest BCUT2D eigenvalue weighted by atomic mass is 10.0. The second kappa shape index (κ2) is 11.5. The molecule has 2 unspecified atom stereocenters. The molecule has 0 bridgehead atoms. The van der Waals surface area contributed by atoms with E-state index in [1.54, 1.807) is 17.0 Å². The zero-order valence-corrected chi connectivity index (χ0v) is 23.1. The molecule has 0 saturated carbocycles. The molecule has 202 valence electrons. The van der Waals surface area contributed by atoms with E-state index in [1.165, 1.54) is 11.8 Å². The Morgan fingerprint density at radius 1 is 0.974 bits per heavy atom. The Kier molecular flexibility index (Phi) is 7.86. The van der Waals surface area contributed by atoms with Gasteiger partial charge in [0.2, 0.25) is 0 Å². The molecular formula is C30H32ClN5O3. The van der Waals surface area contributed by atoms with Gasteiger partial charge in [-0.2, -0.15) is 5.10 Å². The number of aromatic nitrogens is 3. The quantitative estimate of drug-likeness (QED) is 0.315. The van der Waals surface area contributed by atoms with Crippen LogP contribution in [0.15, 0.2) is 83.9 Å². The van der Waals surface area contributed by atoms with Gasteiger partial charge < -0.3 is 9.64 Å². The molecule has 1 aliphatic rings. The van der Waals surface area contributed by atoms with Gasteiger partial charge in [0.25, 0.3) is 0 Å². The van der Waals surface area contributed by atoms with Crippen LogP contribution in [0.3, 0.4) is 0 Å². The number of anilines is 1. The van der Waals surface area contributed by atoms with Crippen LogP contribution in [0.4, 0.5) is 5.69 Å². The number of esters is 1. The van der Waals surface area contributed by atoms with Gasteiger partial charge in [-0.15, -0.1) is 0 Å². The highest BCUT2D eigenvalue weighted by molar-refractivity contribution is 6.31. The van der Waals surface area contributed by atoms with E-state index in [2.05, 4.69) is 21.0 Å². The molecule has 4 aromatic rings. The number of hydrogen-bond donors (Lipinski definition) is 0. The summed E-state index contributed by atoms with van der Waals surface area (Å²) in [6.07, 6.45) is 1.59. The van der Waals surface area contributed by atoms with E-state index in [4.69, 9.17) is 16.3 Å².